The fourth-order valence-corrected chi connectivity index (χ4v) is 3.24. The summed E-state index contributed by atoms with van der Waals surface area (Å²) in [5.74, 6) is 0.711. The van der Waals surface area contributed by atoms with Crippen LogP contribution in [0.1, 0.15) is 44.9 Å². The van der Waals surface area contributed by atoms with E-state index in [-0.39, 0.29) is 5.97 Å². The number of methoxy groups -OCH3 is 1. The van der Waals surface area contributed by atoms with Crippen molar-refractivity contribution in [2.24, 2.45) is 5.92 Å². The van der Waals surface area contributed by atoms with Gasteiger partial charge in [0.15, 0.2) is 0 Å². The van der Waals surface area contributed by atoms with Gasteiger partial charge in [-0.05, 0) is 31.6 Å². The van der Waals surface area contributed by atoms with Crippen LogP contribution in [0, 0.1) is 5.92 Å². The molecule has 0 radical (unpaired) electrons. The van der Waals surface area contributed by atoms with E-state index in [0.717, 1.165) is 32.2 Å². The number of hydrogen-bond donors (Lipinski definition) is 0. The Morgan fingerprint density at radius 2 is 2.00 bits per heavy atom. The van der Waals surface area contributed by atoms with Crippen LogP contribution in [0.15, 0.2) is 0 Å². The Balaban J connectivity index is 1.77. The molecule has 4 nitrogen and oxygen atoms in total. The van der Waals surface area contributed by atoms with E-state index in [1.54, 1.807) is 0 Å². The van der Waals surface area contributed by atoms with E-state index in [9.17, 15) is 4.79 Å². The summed E-state index contributed by atoms with van der Waals surface area (Å²) >= 11 is 0. The quantitative estimate of drug-likeness (QED) is 0.664. The lowest BCUT2D eigenvalue weighted by Gasteiger charge is -2.27. The lowest BCUT2D eigenvalue weighted by molar-refractivity contribution is -0.141. The molecule has 0 bridgehead atoms. The first-order valence-corrected chi connectivity index (χ1v) is 7.68. The molecule has 1 heterocycles. The topological polar surface area (TPSA) is 38.8 Å². The van der Waals surface area contributed by atoms with Crippen molar-refractivity contribution < 1.29 is 14.3 Å². The minimum Gasteiger partial charge on any atom is -0.469 e. The van der Waals surface area contributed by atoms with E-state index in [4.69, 9.17) is 9.47 Å². The number of hydrogen-bond acceptors (Lipinski definition) is 4. The first kappa shape index (κ1) is 14.8. The third kappa shape index (κ3) is 5.11. The van der Waals surface area contributed by atoms with Crippen LogP contribution in [0.3, 0.4) is 0 Å². The van der Waals surface area contributed by atoms with Gasteiger partial charge in [-0.3, -0.25) is 9.69 Å². The zero-order valence-corrected chi connectivity index (χ0v) is 12.1. The standard InChI is InChI=1S/C15H27NO3/c1-18-15(17)8-9-16(11-13-5-2-3-6-13)12-14-7-4-10-19-14/h13-14H,2-12H2,1H3. The van der Waals surface area contributed by atoms with Crippen LogP contribution in [0.5, 0.6) is 0 Å². The molecule has 110 valence electrons. The second-order valence-electron chi connectivity index (χ2n) is 5.87. The third-order valence-electron chi connectivity index (χ3n) is 4.34. The molecular formula is C15H27NO3. The van der Waals surface area contributed by atoms with Gasteiger partial charge < -0.3 is 9.47 Å². The zero-order chi connectivity index (χ0) is 13.5. The van der Waals surface area contributed by atoms with Gasteiger partial charge in [0.2, 0.25) is 0 Å². The van der Waals surface area contributed by atoms with Crippen LogP contribution in [-0.2, 0) is 14.3 Å². The lowest BCUT2D eigenvalue weighted by Crippen LogP contribution is -2.37. The SMILES string of the molecule is COC(=O)CCN(CC1CCCC1)CC1CCCO1. The van der Waals surface area contributed by atoms with Crippen molar-refractivity contribution in [3.8, 4) is 0 Å². The maximum absolute atomic E-state index is 11.3. The Labute approximate surface area is 116 Å². The molecule has 19 heavy (non-hydrogen) atoms. The van der Waals surface area contributed by atoms with E-state index < -0.39 is 0 Å². The zero-order valence-electron chi connectivity index (χ0n) is 12.1. The van der Waals surface area contributed by atoms with Crippen LogP contribution in [-0.4, -0.2) is 50.3 Å². The predicted molar refractivity (Wildman–Crippen MR) is 74.0 cm³/mol. The first-order chi connectivity index (χ1) is 9.28. The van der Waals surface area contributed by atoms with Gasteiger partial charge in [-0.25, -0.2) is 0 Å². The lowest BCUT2D eigenvalue weighted by atomic mass is 10.1. The molecule has 0 N–H and O–H groups in total. The van der Waals surface area contributed by atoms with Crippen LogP contribution in [0.4, 0.5) is 0 Å². The normalized spacial score (nSPS) is 24.2. The Hall–Kier alpha value is -0.610. The summed E-state index contributed by atoms with van der Waals surface area (Å²) < 4.78 is 10.5. The van der Waals surface area contributed by atoms with Crippen LogP contribution in [0.25, 0.3) is 0 Å². The highest BCUT2D eigenvalue weighted by Gasteiger charge is 2.23. The second kappa shape index (κ2) is 7.85. The highest BCUT2D eigenvalue weighted by Crippen LogP contribution is 2.26. The minimum atomic E-state index is -0.108. The Morgan fingerprint density at radius 1 is 1.21 bits per heavy atom. The van der Waals surface area contributed by atoms with Gasteiger partial charge in [-0.1, -0.05) is 12.8 Å². The molecule has 0 amide bonds. The van der Waals surface area contributed by atoms with Gasteiger partial charge in [0.1, 0.15) is 0 Å². The van der Waals surface area contributed by atoms with Gasteiger partial charge in [0.05, 0.1) is 19.6 Å². The van der Waals surface area contributed by atoms with Gasteiger partial charge in [-0.15, -0.1) is 0 Å². The maximum Gasteiger partial charge on any atom is 0.306 e. The summed E-state index contributed by atoms with van der Waals surface area (Å²) in [5, 5.41) is 0. The molecule has 0 spiro atoms. The molecule has 2 aliphatic rings. The van der Waals surface area contributed by atoms with Gasteiger partial charge in [-0.2, -0.15) is 0 Å². The largest absolute Gasteiger partial charge is 0.469 e. The second-order valence-corrected chi connectivity index (χ2v) is 5.87. The number of nitrogens with zero attached hydrogens (tertiary/aromatic N) is 1. The van der Waals surface area contributed by atoms with E-state index in [1.165, 1.54) is 45.6 Å². The van der Waals surface area contributed by atoms with Crippen molar-refractivity contribution in [3.05, 3.63) is 0 Å². The van der Waals surface area contributed by atoms with Gasteiger partial charge in [0.25, 0.3) is 0 Å². The molecule has 1 atom stereocenters. The summed E-state index contributed by atoms with van der Waals surface area (Å²) in [6, 6.07) is 0. The van der Waals surface area contributed by atoms with Crippen molar-refractivity contribution in [2.45, 2.75) is 51.0 Å². The van der Waals surface area contributed by atoms with Crippen LogP contribution < -0.4 is 0 Å². The molecule has 1 aliphatic heterocycles. The molecule has 0 aromatic rings. The molecule has 1 saturated carbocycles. The van der Waals surface area contributed by atoms with E-state index in [2.05, 4.69) is 4.90 Å². The maximum atomic E-state index is 11.3. The Kier molecular flexibility index (Phi) is 6.11. The van der Waals surface area contributed by atoms with Crippen molar-refractivity contribution in [1.29, 1.82) is 0 Å². The number of esters is 1. The number of ether oxygens (including phenoxy) is 2. The van der Waals surface area contributed by atoms with Gasteiger partial charge in [0, 0.05) is 26.2 Å². The average molecular weight is 269 g/mol. The molecule has 1 saturated heterocycles. The number of rotatable bonds is 7. The van der Waals surface area contributed by atoms with E-state index in [1.807, 2.05) is 0 Å². The molecular weight excluding hydrogens is 242 g/mol. The Bertz CT molecular complexity index is 253. The monoisotopic (exact) mass is 269 g/mol. The summed E-state index contributed by atoms with van der Waals surface area (Å²) in [6.07, 6.45) is 8.65. The predicted octanol–water partition coefficient (Wildman–Crippen LogP) is 2.22. The molecule has 4 heteroatoms. The van der Waals surface area contributed by atoms with Crippen molar-refractivity contribution in [2.75, 3.05) is 33.4 Å². The van der Waals surface area contributed by atoms with Crippen LogP contribution in [0.2, 0.25) is 0 Å². The fraction of sp³-hybridized carbons (Fsp3) is 0.933. The average Bonchev–Trinajstić information content (AvgIpc) is 3.08. The molecule has 2 fully saturated rings. The molecule has 0 aromatic heterocycles. The molecule has 1 unspecified atom stereocenters. The van der Waals surface area contributed by atoms with Gasteiger partial charge >= 0.3 is 5.97 Å². The summed E-state index contributed by atoms with van der Waals surface area (Å²) in [6.45, 7) is 3.81. The van der Waals surface area contributed by atoms with E-state index >= 15 is 0 Å². The van der Waals surface area contributed by atoms with Crippen molar-refractivity contribution in [3.63, 3.8) is 0 Å². The van der Waals surface area contributed by atoms with E-state index in [0.29, 0.717) is 12.5 Å². The highest BCUT2D eigenvalue weighted by molar-refractivity contribution is 5.69. The fourth-order valence-electron chi connectivity index (χ4n) is 3.24. The molecule has 1 aliphatic carbocycles. The molecule has 2 rings (SSSR count). The van der Waals surface area contributed by atoms with Crippen LogP contribution >= 0.6 is 0 Å². The van der Waals surface area contributed by atoms with Crippen molar-refractivity contribution in [1.82, 2.24) is 4.90 Å². The smallest absolute Gasteiger partial charge is 0.306 e. The summed E-state index contributed by atoms with van der Waals surface area (Å²) in [7, 11) is 1.46. The highest BCUT2D eigenvalue weighted by atomic mass is 16.5. The Morgan fingerprint density at radius 3 is 2.63 bits per heavy atom. The first-order valence-electron chi connectivity index (χ1n) is 7.68. The minimum absolute atomic E-state index is 0.108. The number of carbonyl (C=O) groups excluding carboxylic acids is 1. The number of carbonyl (C=O) groups is 1. The summed E-state index contributed by atoms with van der Waals surface area (Å²) in [4.78, 5) is 13.7. The third-order valence-corrected chi connectivity index (χ3v) is 4.34. The summed E-state index contributed by atoms with van der Waals surface area (Å²) in [5.41, 5.74) is 0. The van der Waals surface area contributed by atoms with Crippen molar-refractivity contribution >= 4 is 5.97 Å². The molecule has 0 aromatic carbocycles.